The number of hydrogen-bond acceptors (Lipinski definition) is 3. The van der Waals surface area contributed by atoms with E-state index in [1.165, 1.54) is 0 Å². The summed E-state index contributed by atoms with van der Waals surface area (Å²) in [5.74, 6) is -0.551. The molecule has 0 radical (unpaired) electrons. The summed E-state index contributed by atoms with van der Waals surface area (Å²) in [6.07, 6.45) is 3.17. The average Bonchev–Trinajstić information content (AvgIpc) is 2.75. The summed E-state index contributed by atoms with van der Waals surface area (Å²) in [4.78, 5) is 36.2. The average molecular weight is 261 g/mol. The maximum Gasteiger partial charge on any atom is 0.351 e. The van der Waals surface area contributed by atoms with E-state index >= 15 is 0 Å². The fourth-order valence-corrected chi connectivity index (χ4v) is 1.80. The van der Waals surface area contributed by atoms with Gasteiger partial charge in [0, 0.05) is 5.56 Å². The largest absolute Gasteiger partial charge is 0.351 e. The Kier molecular flexibility index (Phi) is 3.79. The lowest BCUT2D eigenvalue weighted by molar-refractivity contribution is 0.0940. The number of H-pyrrole nitrogens is 2. The predicted molar refractivity (Wildman–Crippen MR) is 70.5 cm³/mol. The smallest absolute Gasteiger partial charge is 0.267 e. The maximum absolute atomic E-state index is 12.0. The van der Waals surface area contributed by atoms with Crippen molar-refractivity contribution < 1.29 is 4.79 Å². The van der Waals surface area contributed by atoms with Crippen LogP contribution in [0.4, 0.5) is 0 Å². The normalized spacial score (nSPS) is 10.6. The molecule has 2 aromatic rings. The van der Waals surface area contributed by atoms with Crippen molar-refractivity contribution in [2.24, 2.45) is 0 Å². The minimum atomic E-state index is -0.759. The molecule has 2 rings (SSSR count). The molecule has 19 heavy (non-hydrogen) atoms. The van der Waals surface area contributed by atoms with E-state index in [9.17, 15) is 14.4 Å². The Bertz CT molecular complexity index is 676. The summed E-state index contributed by atoms with van der Waals surface area (Å²) in [5.41, 5.74) is 0.0499. The fourth-order valence-electron chi connectivity index (χ4n) is 1.80. The Hall–Kier alpha value is -2.37. The molecule has 0 aliphatic carbocycles. The number of unbranched alkanes of at least 4 members (excludes halogenated alkanes) is 1. The molecule has 0 fully saturated rings. The molecule has 0 atom stereocenters. The van der Waals surface area contributed by atoms with E-state index in [1.807, 2.05) is 17.1 Å². The lowest BCUT2D eigenvalue weighted by Gasteiger charge is -2.02. The molecule has 0 amide bonds. The molecule has 1 aromatic heterocycles. The van der Waals surface area contributed by atoms with Gasteiger partial charge in [-0.15, -0.1) is 0 Å². The second-order valence-electron chi connectivity index (χ2n) is 4.31. The van der Waals surface area contributed by atoms with Crippen molar-refractivity contribution in [2.45, 2.75) is 26.2 Å². The first-order valence-corrected chi connectivity index (χ1v) is 6.17. The third-order valence-corrected chi connectivity index (χ3v) is 2.86. The zero-order valence-corrected chi connectivity index (χ0v) is 10.6. The summed E-state index contributed by atoms with van der Waals surface area (Å²) < 4.78 is 0.670. The first-order chi connectivity index (χ1) is 9.11. The van der Waals surface area contributed by atoms with Gasteiger partial charge in [-0.1, -0.05) is 25.5 Å². The molecular weight excluding hydrogens is 246 g/mol. The lowest BCUT2D eigenvalue weighted by atomic mass is 10.1. The SMILES string of the molecule is CCCCc1ccc(C(=O)n2[nH]c(=O)[nH]c2=O)cc1. The van der Waals surface area contributed by atoms with Crippen LogP contribution in [0.3, 0.4) is 0 Å². The number of rotatable bonds is 4. The summed E-state index contributed by atoms with van der Waals surface area (Å²) in [6, 6.07) is 7.04. The van der Waals surface area contributed by atoms with Gasteiger partial charge in [-0.25, -0.2) is 14.7 Å². The van der Waals surface area contributed by atoms with E-state index in [4.69, 9.17) is 0 Å². The van der Waals surface area contributed by atoms with Gasteiger partial charge >= 0.3 is 11.4 Å². The maximum atomic E-state index is 12.0. The van der Waals surface area contributed by atoms with E-state index in [1.54, 1.807) is 12.1 Å². The number of aromatic amines is 2. The molecule has 100 valence electrons. The molecular formula is C13H15N3O3. The minimum absolute atomic E-state index is 0.359. The predicted octanol–water partition coefficient (Wildman–Crippen LogP) is 0.896. The van der Waals surface area contributed by atoms with Crippen molar-refractivity contribution >= 4 is 5.91 Å². The molecule has 1 aromatic carbocycles. The molecule has 0 bridgehead atoms. The summed E-state index contributed by atoms with van der Waals surface area (Å²) in [7, 11) is 0. The molecule has 0 saturated heterocycles. The van der Waals surface area contributed by atoms with Crippen molar-refractivity contribution in [3.8, 4) is 0 Å². The van der Waals surface area contributed by atoms with E-state index in [2.05, 4.69) is 12.0 Å². The number of nitrogens with one attached hydrogen (secondary N) is 2. The number of benzene rings is 1. The molecule has 6 heteroatoms. The minimum Gasteiger partial charge on any atom is -0.267 e. The van der Waals surface area contributed by atoms with E-state index in [0.29, 0.717) is 10.2 Å². The van der Waals surface area contributed by atoms with E-state index < -0.39 is 17.3 Å². The number of aromatic nitrogens is 3. The van der Waals surface area contributed by atoms with Crippen LogP contribution in [0.5, 0.6) is 0 Å². The monoisotopic (exact) mass is 261 g/mol. The van der Waals surface area contributed by atoms with Gasteiger partial charge in [0.25, 0.3) is 5.91 Å². The Labute approximate surface area is 109 Å². The Morgan fingerprint density at radius 2 is 1.89 bits per heavy atom. The zero-order valence-electron chi connectivity index (χ0n) is 10.6. The van der Waals surface area contributed by atoms with Gasteiger partial charge in [0.05, 0.1) is 0 Å². The highest BCUT2D eigenvalue weighted by atomic mass is 16.2. The number of hydrogen-bond donors (Lipinski definition) is 2. The molecule has 0 saturated carbocycles. The third kappa shape index (κ3) is 2.90. The zero-order chi connectivity index (χ0) is 13.8. The molecule has 2 N–H and O–H groups in total. The molecule has 6 nitrogen and oxygen atoms in total. The number of carbonyl (C=O) groups excluding carboxylic acids is 1. The first kappa shape index (κ1) is 13.1. The standard InChI is InChI=1S/C13H15N3O3/c1-2-3-4-9-5-7-10(8-6-9)11(17)16-13(19)14-12(18)15-16/h5-8H,2-4H2,1H3,(H2,14,15,18,19). The van der Waals surface area contributed by atoms with Crippen molar-refractivity contribution in [3.05, 3.63) is 56.4 Å². The number of aryl methyl sites for hydroxylation is 1. The topological polar surface area (TPSA) is 87.7 Å². The van der Waals surface area contributed by atoms with Crippen molar-refractivity contribution in [3.63, 3.8) is 0 Å². The highest BCUT2D eigenvalue weighted by Crippen LogP contribution is 2.08. The summed E-state index contributed by atoms with van der Waals surface area (Å²) >= 11 is 0. The van der Waals surface area contributed by atoms with Crippen LogP contribution in [-0.4, -0.2) is 20.7 Å². The Morgan fingerprint density at radius 3 is 2.42 bits per heavy atom. The van der Waals surface area contributed by atoms with Crippen LogP contribution in [0.2, 0.25) is 0 Å². The summed E-state index contributed by atoms with van der Waals surface area (Å²) in [5, 5.41) is 2.13. The Balaban J connectivity index is 2.22. The highest BCUT2D eigenvalue weighted by molar-refractivity contribution is 5.95. The van der Waals surface area contributed by atoms with Crippen LogP contribution in [0.1, 0.15) is 35.7 Å². The molecule has 1 heterocycles. The van der Waals surface area contributed by atoms with Gasteiger partial charge in [-0.3, -0.25) is 9.78 Å². The molecule has 0 spiro atoms. The lowest BCUT2D eigenvalue weighted by Crippen LogP contribution is -2.26. The van der Waals surface area contributed by atoms with Crippen LogP contribution in [0.25, 0.3) is 0 Å². The second kappa shape index (κ2) is 5.51. The van der Waals surface area contributed by atoms with Gasteiger partial charge in [0.1, 0.15) is 0 Å². The van der Waals surface area contributed by atoms with Crippen LogP contribution >= 0.6 is 0 Å². The van der Waals surface area contributed by atoms with Crippen LogP contribution in [0, 0.1) is 0 Å². The second-order valence-corrected chi connectivity index (χ2v) is 4.31. The van der Waals surface area contributed by atoms with Gasteiger partial charge in [-0.2, -0.15) is 4.68 Å². The first-order valence-electron chi connectivity index (χ1n) is 6.17. The van der Waals surface area contributed by atoms with E-state index in [-0.39, 0.29) is 0 Å². The summed E-state index contributed by atoms with van der Waals surface area (Å²) in [6.45, 7) is 2.12. The molecule has 0 aliphatic rings. The van der Waals surface area contributed by atoms with E-state index in [0.717, 1.165) is 24.8 Å². The van der Waals surface area contributed by atoms with Crippen molar-refractivity contribution in [2.75, 3.05) is 0 Å². The molecule has 0 aliphatic heterocycles. The van der Waals surface area contributed by atoms with Gasteiger partial charge in [0.2, 0.25) is 0 Å². The Morgan fingerprint density at radius 1 is 1.21 bits per heavy atom. The third-order valence-electron chi connectivity index (χ3n) is 2.86. The number of nitrogens with zero attached hydrogens (tertiary/aromatic N) is 1. The van der Waals surface area contributed by atoms with Crippen molar-refractivity contribution in [1.29, 1.82) is 0 Å². The highest BCUT2D eigenvalue weighted by Gasteiger charge is 2.12. The van der Waals surface area contributed by atoms with Crippen LogP contribution < -0.4 is 11.4 Å². The van der Waals surface area contributed by atoms with Crippen molar-refractivity contribution in [1.82, 2.24) is 14.8 Å². The fraction of sp³-hybridized carbons (Fsp3) is 0.308. The van der Waals surface area contributed by atoms with Crippen LogP contribution in [-0.2, 0) is 6.42 Å². The van der Waals surface area contributed by atoms with Crippen LogP contribution in [0.15, 0.2) is 33.9 Å². The quantitative estimate of drug-likeness (QED) is 0.857. The molecule has 0 unspecified atom stereocenters. The van der Waals surface area contributed by atoms with Gasteiger partial charge in [-0.05, 0) is 30.5 Å². The number of carbonyl (C=O) groups is 1. The van der Waals surface area contributed by atoms with Gasteiger partial charge < -0.3 is 0 Å². The van der Waals surface area contributed by atoms with Gasteiger partial charge in [0.15, 0.2) is 0 Å².